The van der Waals surface area contributed by atoms with Gasteiger partial charge in [-0.1, -0.05) is 41.5 Å². The molecular weight excluding hydrogens is 446 g/mol. The Hall–Kier alpha value is -3.17. The molecule has 0 radical (unpaired) electrons. The maximum absolute atomic E-state index is 13.0. The van der Waals surface area contributed by atoms with Crippen LogP contribution in [0, 0.1) is 16.0 Å². The van der Waals surface area contributed by atoms with Gasteiger partial charge in [0.05, 0.1) is 21.3 Å². The summed E-state index contributed by atoms with van der Waals surface area (Å²) in [5.74, 6) is -3.49. The summed E-state index contributed by atoms with van der Waals surface area (Å²) in [5, 5.41) is 11.7. The van der Waals surface area contributed by atoms with Crippen LogP contribution in [0.15, 0.2) is 12.1 Å². The Labute approximate surface area is 200 Å². The van der Waals surface area contributed by atoms with Crippen LogP contribution in [0.4, 0.5) is 0 Å². The third kappa shape index (κ3) is 7.16. The van der Waals surface area contributed by atoms with E-state index >= 15 is 0 Å². The summed E-state index contributed by atoms with van der Waals surface area (Å²) in [7, 11) is 3.70. The van der Waals surface area contributed by atoms with E-state index in [0.29, 0.717) is 16.9 Å². The molecule has 0 aromatic heterocycles. The van der Waals surface area contributed by atoms with Gasteiger partial charge in [-0.05, 0) is 29.4 Å². The van der Waals surface area contributed by atoms with Gasteiger partial charge in [-0.3, -0.25) is 19.7 Å². The van der Waals surface area contributed by atoms with Crippen molar-refractivity contribution in [3.05, 3.63) is 33.4 Å². The summed E-state index contributed by atoms with van der Waals surface area (Å²) < 4.78 is 20.3. The lowest BCUT2D eigenvalue weighted by Gasteiger charge is -2.30. The fourth-order valence-corrected chi connectivity index (χ4v) is 3.36. The molecule has 0 N–H and O–H groups in total. The Morgan fingerprint density at radius 3 is 1.62 bits per heavy atom. The van der Waals surface area contributed by atoms with Crippen LogP contribution < -0.4 is 9.47 Å². The van der Waals surface area contributed by atoms with Crippen LogP contribution in [-0.2, 0) is 34.7 Å². The summed E-state index contributed by atoms with van der Waals surface area (Å²) in [6.45, 7) is 11.5. The van der Waals surface area contributed by atoms with Crippen LogP contribution in [0.5, 0.6) is 11.5 Å². The van der Waals surface area contributed by atoms with Crippen LogP contribution in [0.25, 0.3) is 0 Å². The molecule has 0 saturated heterocycles. The van der Waals surface area contributed by atoms with Crippen molar-refractivity contribution in [2.75, 3.05) is 21.3 Å². The number of hydrogen-bond donors (Lipinski definition) is 0. The second-order valence-electron chi connectivity index (χ2n) is 9.95. The van der Waals surface area contributed by atoms with E-state index in [0.717, 1.165) is 14.2 Å². The Kier molecular flexibility index (Phi) is 9.60. The summed E-state index contributed by atoms with van der Waals surface area (Å²) in [6.07, 6.45) is -0.743. The second-order valence-corrected chi connectivity index (χ2v) is 9.95. The quantitative estimate of drug-likeness (QED) is 0.171. The topological polar surface area (TPSA) is 131 Å². The Balaban J connectivity index is 3.41. The van der Waals surface area contributed by atoms with E-state index in [1.807, 2.05) is 41.5 Å². The highest BCUT2D eigenvalue weighted by atomic mass is 16.6. The lowest BCUT2D eigenvalue weighted by molar-refractivity contribution is -0.510. The minimum atomic E-state index is -1.81. The highest BCUT2D eigenvalue weighted by molar-refractivity contribution is 5.94. The van der Waals surface area contributed by atoms with Crippen molar-refractivity contribution in [3.63, 3.8) is 0 Å². The molecular formula is C24H35NO9. The van der Waals surface area contributed by atoms with Crippen LogP contribution in [-0.4, -0.2) is 50.2 Å². The van der Waals surface area contributed by atoms with E-state index in [4.69, 9.17) is 9.47 Å². The molecule has 1 aromatic carbocycles. The molecule has 1 atom stereocenters. The number of nitro groups is 1. The fraction of sp³-hybridized carbons (Fsp3) is 0.625. The van der Waals surface area contributed by atoms with Gasteiger partial charge in [0.2, 0.25) is 0 Å². The molecule has 1 rings (SSSR count). The normalized spacial score (nSPS) is 12.6. The third-order valence-corrected chi connectivity index (χ3v) is 5.34. The zero-order valence-corrected chi connectivity index (χ0v) is 21.3. The number of carbonyl (C=O) groups is 3. The SMILES string of the molecule is COC(=O)C(CCC(C(=O)Oc1c(C(C)(C)C)cc(OC)cc1C(C)(C)C)[N+](=O)[O-])C(=O)OC. The van der Waals surface area contributed by atoms with Gasteiger partial charge in [-0.25, -0.2) is 4.79 Å². The number of carbonyl (C=O) groups excluding carboxylic acids is 3. The van der Waals surface area contributed by atoms with Crippen molar-refractivity contribution in [2.24, 2.45) is 5.92 Å². The molecule has 1 aromatic rings. The largest absolute Gasteiger partial charge is 0.497 e. The van der Waals surface area contributed by atoms with E-state index in [1.165, 1.54) is 7.11 Å². The molecule has 0 aliphatic heterocycles. The monoisotopic (exact) mass is 481 g/mol. The lowest BCUT2D eigenvalue weighted by Crippen LogP contribution is -2.36. The van der Waals surface area contributed by atoms with E-state index in [2.05, 4.69) is 9.47 Å². The maximum atomic E-state index is 13.0. The Morgan fingerprint density at radius 2 is 1.29 bits per heavy atom. The van der Waals surface area contributed by atoms with Gasteiger partial charge in [-0.2, -0.15) is 0 Å². The van der Waals surface area contributed by atoms with Crippen molar-refractivity contribution < 1.29 is 38.3 Å². The average molecular weight is 482 g/mol. The van der Waals surface area contributed by atoms with Crippen molar-refractivity contribution in [1.82, 2.24) is 0 Å². The first kappa shape index (κ1) is 28.9. The molecule has 1 unspecified atom stereocenters. The summed E-state index contributed by atoms with van der Waals surface area (Å²) in [4.78, 5) is 47.8. The highest BCUT2D eigenvalue weighted by Crippen LogP contribution is 2.42. The molecule has 0 bridgehead atoms. The first-order chi connectivity index (χ1) is 15.6. The fourth-order valence-electron chi connectivity index (χ4n) is 3.36. The van der Waals surface area contributed by atoms with Gasteiger partial charge in [0.25, 0.3) is 0 Å². The number of rotatable bonds is 9. The van der Waals surface area contributed by atoms with Gasteiger partial charge in [0.1, 0.15) is 11.5 Å². The van der Waals surface area contributed by atoms with Gasteiger partial charge in [0.15, 0.2) is 5.92 Å². The van der Waals surface area contributed by atoms with E-state index in [9.17, 15) is 24.5 Å². The van der Waals surface area contributed by atoms with E-state index in [-0.39, 0.29) is 12.2 Å². The molecule has 0 heterocycles. The molecule has 34 heavy (non-hydrogen) atoms. The predicted molar refractivity (Wildman–Crippen MR) is 124 cm³/mol. The standard InChI is InChI=1S/C24H35NO9/c1-23(2,3)16-12-14(31-7)13-17(24(4,5)6)19(16)34-22(28)18(25(29)30)11-10-15(20(26)32-8)21(27)33-9/h12-13,15,18H,10-11H2,1-9H3. The van der Waals surface area contributed by atoms with E-state index in [1.54, 1.807) is 12.1 Å². The first-order valence-corrected chi connectivity index (χ1v) is 10.8. The molecule has 0 aliphatic rings. The second kappa shape index (κ2) is 11.3. The minimum Gasteiger partial charge on any atom is -0.497 e. The summed E-state index contributed by atoms with van der Waals surface area (Å²) in [5.41, 5.74) is 0.341. The third-order valence-electron chi connectivity index (χ3n) is 5.34. The minimum absolute atomic E-state index is 0.232. The number of hydrogen-bond acceptors (Lipinski definition) is 9. The molecule has 190 valence electrons. The van der Waals surface area contributed by atoms with Gasteiger partial charge in [-0.15, -0.1) is 0 Å². The number of ether oxygens (including phenoxy) is 4. The maximum Gasteiger partial charge on any atom is 0.387 e. The van der Waals surface area contributed by atoms with Crippen LogP contribution in [0.1, 0.15) is 65.5 Å². The molecule has 0 spiro atoms. The predicted octanol–water partition coefficient (Wildman–Crippen LogP) is 3.58. The molecule has 10 heteroatoms. The molecule has 10 nitrogen and oxygen atoms in total. The van der Waals surface area contributed by atoms with Crippen molar-refractivity contribution in [3.8, 4) is 11.5 Å². The van der Waals surface area contributed by atoms with Gasteiger partial charge >= 0.3 is 23.9 Å². The zero-order valence-electron chi connectivity index (χ0n) is 21.3. The molecule has 0 amide bonds. The average Bonchev–Trinajstić information content (AvgIpc) is 2.73. The van der Waals surface area contributed by atoms with Crippen LogP contribution in [0.3, 0.4) is 0 Å². The van der Waals surface area contributed by atoms with Crippen molar-refractivity contribution >= 4 is 17.9 Å². The summed E-state index contributed by atoms with van der Waals surface area (Å²) in [6, 6.07) is 1.67. The van der Waals surface area contributed by atoms with Gasteiger partial charge < -0.3 is 18.9 Å². The zero-order chi connectivity index (χ0) is 26.4. The smallest absolute Gasteiger partial charge is 0.387 e. The van der Waals surface area contributed by atoms with Crippen LogP contribution in [0.2, 0.25) is 0 Å². The van der Waals surface area contributed by atoms with Gasteiger partial charge in [0, 0.05) is 22.5 Å². The van der Waals surface area contributed by atoms with Crippen molar-refractivity contribution in [1.29, 1.82) is 0 Å². The Morgan fingerprint density at radius 1 is 0.853 bits per heavy atom. The summed E-state index contributed by atoms with van der Waals surface area (Å²) >= 11 is 0. The van der Waals surface area contributed by atoms with E-state index < -0.39 is 52.0 Å². The Bertz CT molecular complexity index is 874. The molecule has 0 fully saturated rings. The number of methoxy groups -OCH3 is 3. The number of benzene rings is 1. The molecule has 0 saturated carbocycles. The molecule has 0 aliphatic carbocycles. The van der Waals surface area contributed by atoms with Crippen molar-refractivity contribution in [2.45, 2.75) is 71.3 Å². The first-order valence-electron chi connectivity index (χ1n) is 10.8. The lowest BCUT2D eigenvalue weighted by atomic mass is 9.79. The van der Waals surface area contributed by atoms with Crippen LogP contribution >= 0.6 is 0 Å². The number of nitrogens with zero attached hydrogens (tertiary/aromatic N) is 1. The number of esters is 3. The highest BCUT2D eigenvalue weighted by Gasteiger charge is 2.38.